The van der Waals surface area contributed by atoms with Crippen LogP contribution in [-0.2, 0) is 9.53 Å². The van der Waals surface area contributed by atoms with Gasteiger partial charge in [0.1, 0.15) is 6.54 Å². The van der Waals surface area contributed by atoms with Gasteiger partial charge in [0, 0.05) is 11.8 Å². The number of carbonyl (C=O) groups is 1. The maximum absolute atomic E-state index is 10.8. The summed E-state index contributed by atoms with van der Waals surface area (Å²) in [4.78, 5) is 14.9. The smallest absolute Gasteiger partial charge is 0.327 e. The van der Waals surface area contributed by atoms with E-state index in [1.54, 1.807) is 11.8 Å². The van der Waals surface area contributed by atoms with Crippen LogP contribution in [0.5, 0.6) is 0 Å². The monoisotopic (exact) mass is 202 g/mol. The van der Waals surface area contributed by atoms with Gasteiger partial charge in [-0.15, -0.1) is 0 Å². The average molecular weight is 202 g/mol. The molecule has 0 bridgehead atoms. The Bertz CT molecular complexity index is 218. The summed E-state index contributed by atoms with van der Waals surface area (Å²) in [7, 11) is 1.37. The first-order valence-electron chi connectivity index (χ1n) is 4.23. The number of nitrogens with zero attached hydrogens (tertiary/aromatic N) is 1. The number of hydrogen-bond donors (Lipinski definition) is 1. The van der Waals surface area contributed by atoms with Gasteiger partial charge in [-0.2, -0.15) is 0 Å². The maximum atomic E-state index is 10.8. The lowest BCUT2D eigenvalue weighted by atomic mass is 10.3. The summed E-state index contributed by atoms with van der Waals surface area (Å²) in [6, 6.07) is 0.456. The van der Waals surface area contributed by atoms with E-state index in [2.05, 4.69) is 22.0 Å². The second kappa shape index (κ2) is 5.11. The second-order valence-corrected chi connectivity index (χ2v) is 3.96. The molecule has 13 heavy (non-hydrogen) atoms. The molecule has 0 saturated carbocycles. The molecule has 0 aromatic carbocycles. The van der Waals surface area contributed by atoms with Crippen LogP contribution >= 0.6 is 11.8 Å². The second-order valence-electron chi connectivity index (χ2n) is 2.88. The molecule has 1 fully saturated rings. The third-order valence-corrected chi connectivity index (χ3v) is 2.70. The summed E-state index contributed by atoms with van der Waals surface area (Å²) < 4.78 is 4.49. The van der Waals surface area contributed by atoms with Crippen LogP contribution < -0.4 is 5.32 Å². The van der Waals surface area contributed by atoms with E-state index < -0.39 is 0 Å². The molecular formula is C8H14N2O2S. The van der Waals surface area contributed by atoms with Gasteiger partial charge in [0.25, 0.3) is 0 Å². The van der Waals surface area contributed by atoms with Crippen LogP contribution in [0.25, 0.3) is 0 Å². The minimum atomic E-state index is -0.298. The van der Waals surface area contributed by atoms with Crippen LogP contribution in [0.3, 0.4) is 0 Å². The molecule has 1 aliphatic rings. The van der Waals surface area contributed by atoms with E-state index in [-0.39, 0.29) is 12.5 Å². The van der Waals surface area contributed by atoms with Gasteiger partial charge in [-0.1, -0.05) is 11.8 Å². The van der Waals surface area contributed by atoms with Crippen LogP contribution in [0.4, 0.5) is 0 Å². The number of esters is 1. The Morgan fingerprint density at radius 2 is 2.62 bits per heavy atom. The molecule has 0 aliphatic carbocycles. The van der Waals surface area contributed by atoms with Crippen LogP contribution in [0, 0.1) is 0 Å². The summed E-state index contributed by atoms with van der Waals surface area (Å²) in [6.45, 7) is 2.21. The number of carbonyl (C=O) groups excluding carboxylic acids is 1. The van der Waals surface area contributed by atoms with Crippen LogP contribution in [0.15, 0.2) is 4.99 Å². The van der Waals surface area contributed by atoms with E-state index in [1.807, 2.05) is 0 Å². The Labute approximate surface area is 82.1 Å². The minimum absolute atomic E-state index is 0.110. The van der Waals surface area contributed by atoms with Crippen molar-refractivity contribution < 1.29 is 9.53 Å². The molecule has 0 aromatic rings. The molecule has 1 aliphatic heterocycles. The van der Waals surface area contributed by atoms with Crippen LogP contribution in [0.1, 0.15) is 13.3 Å². The molecular weight excluding hydrogens is 188 g/mol. The van der Waals surface area contributed by atoms with Gasteiger partial charge < -0.3 is 10.1 Å². The van der Waals surface area contributed by atoms with E-state index in [0.29, 0.717) is 6.04 Å². The summed E-state index contributed by atoms with van der Waals surface area (Å²) in [6.07, 6.45) is 1.14. The van der Waals surface area contributed by atoms with Crippen molar-refractivity contribution in [1.29, 1.82) is 0 Å². The van der Waals surface area contributed by atoms with Gasteiger partial charge in [-0.05, 0) is 13.3 Å². The summed E-state index contributed by atoms with van der Waals surface area (Å²) in [5.41, 5.74) is 0. The summed E-state index contributed by atoms with van der Waals surface area (Å²) in [5.74, 6) is 0.766. The molecule has 0 aromatic heterocycles. The molecule has 1 rings (SSSR count). The van der Waals surface area contributed by atoms with Crippen molar-refractivity contribution in [1.82, 2.24) is 5.32 Å². The maximum Gasteiger partial charge on any atom is 0.327 e. The first kappa shape index (κ1) is 10.4. The molecule has 1 atom stereocenters. The number of nitrogens with one attached hydrogen (secondary N) is 1. The first-order chi connectivity index (χ1) is 6.22. The lowest BCUT2D eigenvalue weighted by molar-refractivity contribution is -0.138. The van der Waals surface area contributed by atoms with Crippen molar-refractivity contribution in [2.45, 2.75) is 19.4 Å². The zero-order chi connectivity index (χ0) is 9.68. The standard InChI is InChI=1S/C8H14N2O2S/c1-6-3-4-13-8(10-6)9-5-7(11)12-2/h6H,3-5H2,1-2H3,(H,9,10). The molecule has 1 N–H and O–H groups in total. The van der Waals surface area contributed by atoms with E-state index in [1.165, 1.54) is 7.11 Å². The lowest BCUT2D eigenvalue weighted by Gasteiger charge is -2.21. The van der Waals surface area contributed by atoms with Gasteiger partial charge in [0.2, 0.25) is 0 Å². The van der Waals surface area contributed by atoms with E-state index >= 15 is 0 Å². The van der Waals surface area contributed by atoms with Crippen LogP contribution in [0.2, 0.25) is 0 Å². The average Bonchev–Trinajstić information content (AvgIpc) is 2.14. The third-order valence-electron chi connectivity index (χ3n) is 1.74. The van der Waals surface area contributed by atoms with E-state index in [4.69, 9.17) is 0 Å². The predicted octanol–water partition coefficient (Wildman–Crippen LogP) is 0.630. The van der Waals surface area contributed by atoms with Gasteiger partial charge in [0.05, 0.1) is 7.11 Å². The Morgan fingerprint density at radius 3 is 3.23 bits per heavy atom. The summed E-state index contributed by atoms with van der Waals surface area (Å²) >= 11 is 1.65. The van der Waals surface area contributed by atoms with Crippen molar-refractivity contribution in [2.24, 2.45) is 4.99 Å². The number of amidine groups is 1. The number of methoxy groups -OCH3 is 1. The van der Waals surface area contributed by atoms with Gasteiger partial charge in [0.15, 0.2) is 5.17 Å². The molecule has 0 spiro atoms. The molecule has 5 heteroatoms. The fourth-order valence-electron chi connectivity index (χ4n) is 0.949. The molecule has 1 saturated heterocycles. The zero-order valence-electron chi connectivity index (χ0n) is 7.87. The van der Waals surface area contributed by atoms with Crippen molar-refractivity contribution in [2.75, 3.05) is 19.4 Å². The van der Waals surface area contributed by atoms with Crippen LogP contribution in [-0.4, -0.2) is 36.6 Å². The first-order valence-corrected chi connectivity index (χ1v) is 5.21. The fraction of sp³-hybridized carbons (Fsp3) is 0.750. The number of thioether (sulfide) groups is 1. The van der Waals surface area contributed by atoms with Crippen molar-refractivity contribution in [3.05, 3.63) is 0 Å². The third kappa shape index (κ3) is 3.67. The number of aliphatic imine (C=N–C) groups is 1. The summed E-state index contributed by atoms with van der Waals surface area (Å²) in [5, 5.41) is 4.05. The quantitative estimate of drug-likeness (QED) is 0.667. The van der Waals surface area contributed by atoms with Gasteiger partial charge in [-0.3, -0.25) is 9.79 Å². The highest BCUT2D eigenvalue weighted by Crippen LogP contribution is 2.13. The van der Waals surface area contributed by atoms with Crippen molar-refractivity contribution in [3.8, 4) is 0 Å². The highest BCUT2D eigenvalue weighted by molar-refractivity contribution is 8.13. The van der Waals surface area contributed by atoms with E-state index in [9.17, 15) is 4.79 Å². The Hall–Kier alpha value is -0.710. The largest absolute Gasteiger partial charge is 0.468 e. The van der Waals surface area contributed by atoms with E-state index in [0.717, 1.165) is 17.3 Å². The number of hydrogen-bond acceptors (Lipinski definition) is 4. The number of rotatable bonds is 2. The molecule has 0 amide bonds. The Kier molecular flexibility index (Phi) is 4.08. The molecule has 1 unspecified atom stereocenters. The van der Waals surface area contributed by atoms with Crippen molar-refractivity contribution in [3.63, 3.8) is 0 Å². The Balaban J connectivity index is 2.37. The molecule has 1 heterocycles. The Morgan fingerprint density at radius 1 is 1.85 bits per heavy atom. The topological polar surface area (TPSA) is 50.7 Å². The predicted molar refractivity (Wildman–Crippen MR) is 54.0 cm³/mol. The fourth-order valence-corrected chi connectivity index (χ4v) is 2.05. The van der Waals surface area contributed by atoms with Crippen molar-refractivity contribution >= 4 is 22.9 Å². The van der Waals surface area contributed by atoms with Gasteiger partial charge in [-0.25, -0.2) is 0 Å². The highest BCUT2D eigenvalue weighted by atomic mass is 32.2. The molecule has 0 radical (unpaired) electrons. The number of ether oxygens (including phenoxy) is 1. The molecule has 74 valence electrons. The highest BCUT2D eigenvalue weighted by Gasteiger charge is 2.12. The minimum Gasteiger partial charge on any atom is -0.468 e. The SMILES string of the molecule is COC(=O)CN=C1NC(C)CCS1. The molecule has 4 nitrogen and oxygen atoms in total. The zero-order valence-corrected chi connectivity index (χ0v) is 8.69. The lowest BCUT2D eigenvalue weighted by Crippen LogP contribution is -2.35. The van der Waals surface area contributed by atoms with Gasteiger partial charge >= 0.3 is 5.97 Å². The normalized spacial score (nSPS) is 25.4.